The summed E-state index contributed by atoms with van der Waals surface area (Å²) in [5.74, 6) is 0.767. The molecule has 2 rings (SSSR count). The number of hydrogen-bond donors (Lipinski definition) is 2. The maximum atomic E-state index is 9.75. The first-order valence-corrected chi connectivity index (χ1v) is 5.78. The summed E-state index contributed by atoms with van der Waals surface area (Å²) in [7, 11) is 1.50. The van der Waals surface area contributed by atoms with Gasteiger partial charge in [-0.1, -0.05) is 0 Å². The second-order valence-electron chi connectivity index (χ2n) is 4.26. The van der Waals surface area contributed by atoms with Crippen molar-refractivity contribution in [2.75, 3.05) is 20.2 Å². The van der Waals surface area contributed by atoms with Crippen molar-refractivity contribution in [3.63, 3.8) is 0 Å². The second-order valence-corrected chi connectivity index (χ2v) is 4.26. The summed E-state index contributed by atoms with van der Waals surface area (Å²) in [5.41, 5.74) is 1.37. The number of nitrogens with zero attached hydrogens (tertiary/aromatic N) is 1. The van der Waals surface area contributed by atoms with E-state index in [1.807, 2.05) is 12.1 Å². The van der Waals surface area contributed by atoms with Crippen LogP contribution >= 0.6 is 0 Å². The predicted octanol–water partition coefficient (Wildman–Crippen LogP) is 1.74. The molecule has 0 unspecified atom stereocenters. The van der Waals surface area contributed by atoms with Gasteiger partial charge in [0, 0.05) is 0 Å². The van der Waals surface area contributed by atoms with Crippen LogP contribution < -0.4 is 10.1 Å². The molecule has 1 aliphatic rings. The topological polar surface area (TPSA) is 65.3 Å². The van der Waals surface area contributed by atoms with Crippen LogP contribution in [-0.2, 0) is 0 Å². The molecule has 0 spiro atoms. The number of ether oxygens (including phenoxy) is 1. The first kappa shape index (κ1) is 11.7. The monoisotopic (exact) mass is 232 g/mol. The van der Waals surface area contributed by atoms with Crippen molar-refractivity contribution in [1.29, 1.82) is 5.26 Å². The van der Waals surface area contributed by atoms with Crippen LogP contribution in [-0.4, -0.2) is 25.3 Å². The third-order valence-corrected chi connectivity index (χ3v) is 3.25. The van der Waals surface area contributed by atoms with Gasteiger partial charge in [-0.25, -0.2) is 0 Å². The SMILES string of the molecule is COc1cc(C2CCNCC2)cc(C#N)c1O. The Labute approximate surface area is 101 Å². The van der Waals surface area contributed by atoms with Gasteiger partial charge in [-0.05, 0) is 49.5 Å². The summed E-state index contributed by atoms with van der Waals surface area (Å²) >= 11 is 0. The highest BCUT2D eigenvalue weighted by Crippen LogP contribution is 2.35. The minimum atomic E-state index is -0.0623. The van der Waals surface area contributed by atoms with Crippen molar-refractivity contribution < 1.29 is 9.84 Å². The van der Waals surface area contributed by atoms with E-state index >= 15 is 0 Å². The Kier molecular flexibility index (Phi) is 3.50. The Hall–Kier alpha value is -1.73. The smallest absolute Gasteiger partial charge is 0.175 e. The average molecular weight is 232 g/mol. The Morgan fingerprint density at radius 2 is 2.12 bits per heavy atom. The molecule has 0 aromatic heterocycles. The Balaban J connectivity index is 2.37. The first-order chi connectivity index (χ1) is 8.26. The molecule has 1 aromatic carbocycles. The van der Waals surface area contributed by atoms with Gasteiger partial charge in [0.15, 0.2) is 11.5 Å². The van der Waals surface area contributed by atoms with Crippen LogP contribution in [0.1, 0.15) is 29.9 Å². The number of nitrogens with one attached hydrogen (secondary N) is 1. The Morgan fingerprint density at radius 1 is 1.41 bits per heavy atom. The van der Waals surface area contributed by atoms with Gasteiger partial charge < -0.3 is 15.2 Å². The molecule has 1 saturated heterocycles. The highest BCUT2D eigenvalue weighted by molar-refractivity contribution is 5.54. The maximum Gasteiger partial charge on any atom is 0.175 e. The van der Waals surface area contributed by atoms with E-state index in [0.29, 0.717) is 11.7 Å². The van der Waals surface area contributed by atoms with Gasteiger partial charge >= 0.3 is 0 Å². The van der Waals surface area contributed by atoms with Gasteiger partial charge in [0.1, 0.15) is 6.07 Å². The number of nitriles is 1. The van der Waals surface area contributed by atoms with Crippen molar-refractivity contribution in [3.8, 4) is 17.6 Å². The lowest BCUT2D eigenvalue weighted by Gasteiger charge is -2.23. The molecule has 0 bridgehead atoms. The quantitative estimate of drug-likeness (QED) is 0.815. The van der Waals surface area contributed by atoms with E-state index in [1.165, 1.54) is 7.11 Å². The number of phenols is 1. The van der Waals surface area contributed by atoms with Crippen molar-refractivity contribution in [2.45, 2.75) is 18.8 Å². The molecule has 0 atom stereocenters. The molecule has 4 nitrogen and oxygen atoms in total. The highest BCUT2D eigenvalue weighted by atomic mass is 16.5. The fourth-order valence-corrected chi connectivity index (χ4v) is 2.26. The van der Waals surface area contributed by atoms with Crippen LogP contribution in [0.15, 0.2) is 12.1 Å². The lowest BCUT2D eigenvalue weighted by atomic mass is 9.89. The first-order valence-electron chi connectivity index (χ1n) is 5.78. The van der Waals surface area contributed by atoms with Crippen molar-refractivity contribution in [2.24, 2.45) is 0 Å². The zero-order chi connectivity index (χ0) is 12.3. The molecule has 90 valence electrons. The van der Waals surface area contributed by atoms with Crippen LogP contribution in [0.25, 0.3) is 0 Å². The molecule has 4 heteroatoms. The Bertz CT molecular complexity index is 445. The lowest BCUT2D eigenvalue weighted by molar-refractivity contribution is 0.370. The third kappa shape index (κ3) is 2.34. The van der Waals surface area contributed by atoms with E-state index in [0.717, 1.165) is 31.5 Å². The molecule has 0 aliphatic carbocycles. The average Bonchev–Trinajstić information content (AvgIpc) is 2.40. The summed E-state index contributed by atoms with van der Waals surface area (Å²) in [6.45, 7) is 1.99. The molecule has 1 aliphatic heterocycles. The van der Waals surface area contributed by atoms with Crippen molar-refractivity contribution >= 4 is 0 Å². The van der Waals surface area contributed by atoms with Gasteiger partial charge in [0.05, 0.1) is 12.7 Å². The van der Waals surface area contributed by atoms with Gasteiger partial charge in [-0.3, -0.25) is 0 Å². The van der Waals surface area contributed by atoms with E-state index in [4.69, 9.17) is 10.00 Å². The summed E-state index contributed by atoms with van der Waals surface area (Å²) < 4.78 is 5.10. The van der Waals surface area contributed by atoms with Crippen LogP contribution in [0.2, 0.25) is 0 Å². The van der Waals surface area contributed by atoms with Crippen molar-refractivity contribution in [1.82, 2.24) is 5.32 Å². The molecule has 1 heterocycles. The molecule has 1 aromatic rings. The van der Waals surface area contributed by atoms with Crippen LogP contribution in [0, 0.1) is 11.3 Å². The van der Waals surface area contributed by atoms with Crippen molar-refractivity contribution in [3.05, 3.63) is 23.3 Å². The number of hydrogen-bond acceptors (Lipinski definition) is 4. The minimum Gasteiger partial charge on any atom is -0.503 e. The normalized spacial score (nSPS) is 16.5. The lowest BCUT2D eigenvalue weighted by Crippen LogP contribution is -2.26. The van der Waals surface area contributed by atoms with Crippen LogP contribution in [0.4, 0.5) is 0 Å². The number of piperidine rings is 1. The standard InChI is InChI=1S/C13H16N2O2/c1-17-12-7-10(6-11(8-14)13(12)16)9-2-4-15-5-3-9/h6-7,9,15-16H,2-5H2,1H3. The predicted molar refractivity (Wildman–Crippen MR) is 64.2 cm³/mol. The number of rotatable bonds is 2. The van der Waals surface area contributed by atoms with Crippen LogP contribution in [0.3, 0.4) is 0 Å². The molecule has 1 fully saturated rings. The number of benzene rings is 1. The molecule has 0 amide bonds. The minimum absolute atomic E-state index is 0.0623. The molecule has 17 heavy (non-hydrogen) atoms. The molecular weight excluding hydrogens is 216 g/mol. The Morgan fingerprint density at radius 3 is 2.71 bits per heavy atom. The van der Waals surface area contributed by atoms with Crippen LogP contribution in [0.5, 0.6) is 11.5 Å². The maximum absolute atomic E-state index is 9.75. The van der Waals surface area contributed by atoms with Gasteiger partial charge in [0.25, 0.3) is 0 Å². The largest absolute Gasteiger partial charge is 0.503 e. The highest BCUT2D eigenvalue weighted by Gasteiger charge is 2.19. The fraction of sp³-hybridized carbons (Fsp3) is 0.462. The number of methoxy groups -OCH3 is 1. The summed E-state index contributed by atoms with van der Waals surface area (Å²) in [5, 5.41) is 22.0. The second kappa shape index (κ2) is 5.07. The molecule has 2 N–H and O–H groups in total. The zero-order valence-electron chi connectivity index (χ0n) is 9.86. The van der Waals surface area contributed by atoms with E-state index in [9.17, 15) is 5.11 Å². The van der Waals surface area contributed by atoms with Gasteiger partial charge in [-0.15, -0.1) is 0 Å². The molecule has 0 saturated carbocycles. The molecule has 0 radical (unpaired) electrons. The van der Waals surface area contributed by atoms with E-state index < -0.39 is 0 Å². The summed E-state index contributed by atoms with van der Waals surface area (Å²) in [6, 6.07) is 5.61. The third-order valence-electron chi connectivity index (χ3n) is 3.25. The molecular formula is C13H16N2O2. The summed E-state index contributed by atoms with van der Waals surface area (Å²) in [4.78, 5) is 0. The zero-order valence-corrected chi connectivity index (χ0v) is 9.86. The summed E-state index contributed by atoms with van der Waals surface area (Å²) in [6.07, 6.45) is 2.11. The number of aromatic hydroxyl groups is 1. The van der Waals surface area contributed by atoms with E-state index in [1.54, 1.807) is 6.07 Å². The van der Waals surface area contributed by atoms with Gasteiger partial charge in [0.2, 0.25) is 0 Å². The van der Waals surface area contributed by atoms with E-state index in [2.05, 4.69) is 5.32 Å². The van der Waals surface area contributed by atoms with Gasteiger partial charge in [-0.2, -0.15) is 5.26 Å². The van der Waals surface area contributed by atoms with E-state index in [-0.39, 0.29) is 11.3 Å². The number of phenolic OH excluding ortho intramolecular Hbond substituents is 1. The fourth-order valence-electron chi connectivity index (χ4n) is 2.26.